The van der Waals surface area contributed by atoms with Gasteiger partial charge in [-0.2, -0.15) is 0 Å². The lowest BCUT2D eigenvalue weighted by Gasteiger charge is -2.44. The highest BCUT2D eigenvalue weighted by molar-refractivity contribution is 4.87. The Labute approximate surface area is 81.8 Å². The molecule has 1 fully saturated rings. The predicted octanol–water partition coefficient (Wildman–Crippen LogP) is 2.03. The molecule has 78 valence electrons. The van der Waals surface area contributed by atoms with Gasteiger partial charge in [0.15, 0.2) is 0 Å². The number of ether oxygens (including phenoxy) is 1. The Balaban J connectivity index is 2.40. The molecule has 0 aromatic heterocycles. The zero-order valence-corrected chi connectivity index (χ0v) is 9.18. The number of nitrogens with two attached hydrogens (primary N) is 1. The van der Waals surface area contributed by atoms with E-state index in [1.54, 1.807) is 0 Å². The Morgan fingerprint density at radius 1 is 1.23 bits per heavy atom. The summed E-state index contributed by atoms with van der Waals surface area (Å²) in [5.41, 5.74) is 6.11. The molecule has 0 spiro atoms. The van der Waals surface area contributed by atoms with Gasteiger partial charge in [-0.25, -0.2) is 0 Å². The topological polar surface area (TPSA) is 35.2 Å². The predicted molar refractivity (Wildman–Crippen MR) is 55.5 cm³/mol. The molecule has 2 nitrogen and oxygen atoms in total. The van der Waals surface area contributed by atoms with Crippen LogP contribution < -0.4 is 5.73 Å². The van der Waals surface area contributed by atoms with E-state index in [4.69, 9.17) is 10.5 Å². The Bertz CT molecular complexity index is 152. The summed E-state index contributed by atoms with van der Waals surface area (Å²) >= 11 is 0. The third-order valence-electron chi connectivity index (χ3n) is 2.84. The molecule has 1 aliphatic heterocycles. The minimum Gasteiger partial charge on any atom is -0.380 e. The van der Waals surface area contributed by atoms with Crippen molar-refractivity contribution in [3.63, 3.8) is 0 Å². The summed E-state index contributed by atoms with van der Waals surface area (Å²) in [7, 11) is 0. The maximum absolute atomic E-state index is 5.65. The van der Waals surface area contributed by atoms with Gasteiger partial charge in [0.2, 0.25) is 0 Å². The van der Waals surface area contributed by atoms with Crippen LogP contribution >= 0.6 is 0 Å². The lowest BCUT2D eigenvalue weighted by molar-refractivity contribution is -0.133. The molecule has 2 heteroatoms. The summed E-state index contributed by atoms with van der Waals surface area (Å²) in [5.74, 6) is 1.41. The molecule has 0 radical (unpaired) electrons. The summed E-state index contributed by atoms with van der Waals surface area (Å²) in [5, 5.41) is 0. The minimum atomic E-state index is 0.465. The Morgan fingerprint density at radius 2 is 1.85 bits per heavy atom. The van der Waals surface area contributed by atoms with E-state index in [1.807, 2.05) is 0 Å². The van der Waals surface area contributed by atoms with Crippen molar-refractivity contribution in [3.05, 3.63) is 0 Å². The largest absolute Gasteiger partial charge is 0.380 e. The van der Waals surface area contributed by atoms with Crippen LogP contribution in [0, 0.1) is 17.3 Å². The van der Waals surface area contributed by atoms with E-state index in [2.05, 4.69) is 20.8 Å². The van der Waals surface area contributed by atoms with E-state index in [0.717, 1.165) is 25.7 Å². The van der Waals surface area contributed by atoms with Crippen molar-refractivity contribution in [3.8, 4) is 0 Å². The van der Waals surface area contributed by atoms with Gasteiger partial charge in [0.05, 0.1) is 13.2 Å². The van der Waals surface area contributed by atoms with Crippen molar-refractivity contribution >= 4 is 0 Å². The van der Waals surface area contributed by atoms with Crippen LogP contribution in [0.25, 0.3) is 0 Å². The molecule has 0 amide bonds. The maximum atomic E-state index is 5.65. The van der Waals surface area contributed by atoms with Crippen LogP contribution in [-0.2, 0) is 4.74 Å². The summed E-state index contributed by atoms with van der Waals surface area (Å²) in [6.07, 6.45) is 2.53. The third-order valence-corrected chi connectivity index (χ3v) is 2.84. The van der Waals surface area contributed by atoms with Crippen LogP contribution in [0.4, 0.5) is 0 Å². The van der Waals surface area contributed by atoms with Crippen LogP contribution in [0.15, 0.2) is 0 Å². The first-order chi connectivity index (χ1) is 6.08. The van der Waals surface area contributed by atoms with Crippen molar-refractivity contribution in [2.24, 2.45) is 23.0 Å². The average molecular weight is 185 g/mol. The van der Waals surface area contributed by atoms with Gasteiger partial charge in [-0.1, -0.05) is 20.8 Å². The van der Waals surface area contributed by atoms with E-state index in [-0.39, 0.29) is 0 Å². The SMILES string of the molecule is CC(C)CC1(CC(C)CN)COC1. The Morgan fingerprint density at radius 3 is 2.15 bits per heavy atom. The fourth-order valence-corrected chi connectivity index (χ4v) is 2.40. The van der Waals surface area contributed by atoms with Crippen LogP contribution in [0.3, 0.4) is 0 Å². The Kier molecular flexibility index (Phi) is 3.74. The minimum absolute atomic E-state index is 0.465. The van der Waals surface area contributed by atoms with Crippen LogP contribution in [0.1, 0.15) is 33.6 Å². The van der Waals surface area contributed by atoms with Gasteiger partial charge in [0.25, 0.3) is 0 Å². The number of rotatable bonds is 5. The molecular weight excluding hydrogens is 162 g/mol. The molecule has 0 bridgehead atoms. The first kappa shape index (κ1) is 11.0. The molecule has 1 unspecified atom stereocenters. The van der Waals surface area contributed by atoms with E-state index >= 15 is 0 Å². The van der Waals surface area contributed by atoms with E-state index in [1.165, 1.54) is 12.8 Å². The van der Waals surface area contributed by atoms with Crippen molar-refractivity contribution in [2.75, 3.05) is 19.8 Å². The van der Waals surface area contributed by atoms with E-state index in [0.29, 0.717) is 11.3 Å². The highest BCUT2D eigenvalue weighted by Gasteiger charge is 2.39. The molecule has 0 aromatic rings. The summed E-state index contributed by atoms with van der Waals surface area (Å²) in [6, 6.07) is 0. The van der Waals surface area contributed by atoms with Crippen molar-refractivity contribution in [2.45, 2.75) is 33.6 Å². The molecule has 0 saturated carbocycles. The second-order valence-corrected chi connectivity index (χ2v) is 5.14. The van der Waals surface area contributed by atoms with Gasteiger partial charge in [-0.15, -0.1) is 0 Å². The van der Waals surface area contributed by atoms with E-state index < -0.39 is 0 Å². The van der Waals surface area contributed by atoms with Crippen LogP contribution in [0.2, 0.25) is 0 Å². The quantitative estimate of drug-likeness (QED) is 0.711. The summed E-state index contributed by atoms with van der Waals surface area (Å²) < 4.78 is 5.34. The van der Waals surface area contributed by atoms with Crippen LogP contribution in [-0.4, -0.2) is 19.8 Å². The zero-order valence-electron chi connectivity index (χ0n) is 9.18. The maximum Gasteiger partial charge on any atom is 0.0545 e. The van der Waals surface area contributed by atoms with Crippen molar-refractivity contribution in [1.82, 2.24) is 0 Å². The van der Waals surface area contributed by atoms with Gasteiger partial charge in [-0.3, -0.25) is 0 Å². The zero-order chi connectivity index (χ0) is 9.90. The molecular formula is C11H23NO. The van der Waals surface area contributed by atoms with Gasteiger partial charge < -0.3 is 10.5 Å². The van der Waals surface area contributed by atoms with Gasteiger partial charge in [0, 0.05) is 5.41 Å². The molecule has 1 rings (SSSR count). The first-order valence-corrected chi connectivity index (χ1v) is 5.36. The Hall–Kier alpha value is -0.0800. The summed E-state index contributed by atoms with van der Waals surface area (Å²) in [6.45, 7) is 9.52. The van der Waals surface area contributed by atoms with Gasteiger partial charge in [-0.05, 0) is 31.2 Å². The molecule has 0 aromatic carbocycles. The van der Waals surface area contributed by atoms with Gasteiger partial charge >= 0.3 is 0 Å². The second-order valence-electron chi connectivity index (χ2n) is 5.14. The molecule has 0 aliphatic carbocycles. The first-order valence-electron chi connectivity index (χ1n) is 5.36. The highest BCUT2D eigenvalue weighted by Crippen LogP contribution is 2.40. The second kappa shape index (κ2) is 4.43. The molecule has 1 atom stereocenters. The van der Waals surface area contributed by atoms with Gasteiger partial charge in [0.1, 0.15) is 0 Å². The fourth-order valence-electron chi connectivity index (χ4n) is 2.40. The molecule has 2 N–H and O–H groups in total. The molecule has 1 heterocycles. The lowest BCUT2D eigenvalue weighted by Crippen LogP contribution is -2.45. The van der Waals surface area contributed by atoms with Crippen molar-refractivity contribution < 1.29 is 4.74 Å². The fraction of sp³-hybridized carbons (Fsp3) is 1.00. The molecule has 1 aliphatic rings. The van der Waals surface area contributed by atoms with Crippen LogP contribution in [0.5, 0.6) is 0 Å². The summed E-state index contributed by atoms with van der Waals surface area (Å²) in [4.78, 5) is 0. The standard InChI is InChI=1S/C11H23NO/c1-9(2)4-11(7-13-8-11)5-10(3)6-12/h9-10H,4-8,12H2,1-3H3. The third kappa shape index (κ3) is 2.96. The smallest absolute Gasteiger partial charge is 0.0545 e. The monoisotopic (exact) mass is 185 g/mol. The van der Waals surface area contributed by atoms with Crippen molar-refractivity contribution in [1.29, 1.82) is 0 Å². The number of hydrogen-bond acceptors (Lipinski definition) is 2. The normalized spacial score (nSPS) is 22.8. The van der Waals surface area contributed by atoms with E-state index in [9.17, 15) is 0 Å². The molecule has 13 heavy (non-hydrogen) atoms. The lowest BCUT2D eigenvalue weighted by atomic mass is 9.72. The average Bonchev–Trinajstić information content (AvgIpc) is 1.99. The molecule has 1 saturated heterocycles. The highest BCUT2D eigenvalue weighted by atomic mass is 16.5. The number of hydrogen-bond donors (Lipinski definition) is 1.